The third-order valence-corrected chi connectivity index (χ3v) is 3.21. The summed E-state index contributed by atoms with van der Waals surface area (Å²) in [4.78, 5) is 13.8. The summed E-state index contributed by atoms with van der Waals surface area (Å²) in [5, 5.41) is 0. The number of amides is 1. The van der Waals surface area contributed by atoms with Crippen LogP contribution in [0.3, 0.4) is 0 Å². The summed E-state index contributed by atoms with van der Waals surface area (Å²) in [6.07, 6.45) is 3.88. The van der Waals surface area contributed by atoms with Crippen LogP contribution >= 0.6 is 0 Å². The van der Waals surface area contributed by atoms with Crippen molar-refractivity contribution in [3.05, 3.63) is 35.4 Å². The highest BCUT2D eigenvalue weighted by molar-refractivity contribution is 5.76. The number of hydrogen-bond acceptors (Lipinski definition) is 1. The normalized spacial score (nSPS) is 14.1. The summed E-state index contributed by atoms with van der Waals surface area (Å²) < 4.78 is 0. The van der Waals surface area contributed by atoms with Gasteiger partial charge < -0.3 is 4.90 Å². The topological polar surface area (TPSA) is 20.3 Å². The summed E-state index contributed by atoms with van der Waals surface area (Å²) in [6, 6.07) is 8.45. The van der Waals surface area contributed by atoms with Crippen molar-refractivity contribution in [1.29, 1.82) is 0 Å². The maximum atomic E-state index is 11.8. The molecule has 1 aromatic carbocycles. The van der Waals surface area contributed by atoms with Gasteiger partial charge in [-0.2, -0.15) is 0 Å². The van der Waals surface area contributed by atoms with E-state index >= 15 is 0 Å². The van der Waals surface area contributed by atoms with E-state index in [9.17, 15) is 4.79 Å². The molecule has 2 heteroatoms. The highest BCUT2D eigenvalue weighted by atomic mass is 16.2. The van der Waals surface area contributed by atoms with Gasteiger partial charge in [-0.25, -0.2) is 0 Å². The van der Waals surface area contributed by atoms with E-state index in [-0.39, 0.29) is 0 Å². The number of benzene rings is 1. The summed E-state index contributed by atoms with van der Waals surface area (Å²) >= 11 is 0. The van der Waals surface area contributed by atoms with Crippen LogP contribution in [0.15, 0.2) is 24.3 Å². The minimum atomic E-state index is 0.318. The summed E-state index contributed by atoms with van der Waals surface area (Å²) in [5.74, 6) is 0.318. The first-order chi connectivity index (χ1) is 8.75. The van der Waals surface area contributed by atoms with Crippen LogP contribution in [0.2, 0.25) is 0 Å². The van der Waals surface area contributed by atoms with Crippen molar-refractivity contribution in [1.82, 2.24) is 4.90 Å². The van der Waals surface area contributed by atoms with E-state index in [1.807, 2.05) is 18.7 Å². The molecule has 1 amide bonds. The molecule has 1 heterocycles. The summed E-state index contributed by atoms with van der Waals surface area (Å²) in [5.41, 5.74) is 2.53. The lowest BCUT2D eigenvalue weighted by atomic mass is 10.1. The van der Waals surface area contributed by atoms with E-state index in [2.05, 4.69) is 31.2 Å². The summed E-state index contributed by atoms with van der Waals surface area (Å²) in [6.45, 7) is 8.01. The first kappa shape index (κ1) is 14.7. The van der Waals surface area contributed by atoms with Gasteiger partial charge in [0.1, 0.15) is 0 Å². The fourth-order valence-electron chi connectivity index (χ4n) is 2.13. The zero-order valence-corrected chi connectivity index (χ0v) is 11.9. The Labute approximate surface area is 111 Å². The van der Waals surface area contributed by atoms with Crippen molar-refractivity contribution < 1.29 is 4.79 Å². The van der Waals surface area contributed by atoms with Crippen molar-refractivity contribution in [2.24, 2.45) is 0 Å². The molecule has 0 bridgehead atoms. The largest absolute Gasteiger partial charge is 0.343 e. The second-order valence-electron chi connectivity index (χ2n) is 4.57. The minimum absolute atomic E-state index is 0.318. The fraction of sp³-hybridized carbons (Fsp3) is 0.562. The zero-order chi connectivity index (χ0) is 13.4. The highest BCUT2D eigenvalue weighted by Gasteiger charge is 2.16. The number of carbonyl (C=O) groups is 1. The van der Waals surface area contributed by atoms with Crippen molar-refractivity contribution >= 4 is 5.91 Å². The van der Waals surface area contributed by atoms with Crippen molar-refractivity contribution in [2.45, 2.75) is 46.5 Å². The van der Waals surface area contributed by atoms with E-state index in [1.54, 1.807) is 0 Å². The summed E-state index contributed by atoms with van der Waals surface area (Å²) in [7, 11) is 0. The Kier molecular flexibility index (Phi) is 6.48. The molecule has 1 fully saturated rings. The molecule has 1 aromatic rings. The lowest BCUT2D eigenvalue weighted by Gasteiger charge is -2.14. The molecule has 1 saturated heterocycles. The highest BCUT2D eigenvalue weighted by Crippen LogP contribution is 2.11. The van der Waals surface area contributed by atoms with Gasteiger partial charge in [-0.3, -0.25) is 4.79 Å². The lowest BCUT2D eigenvalue weighted by molar-refractivity contribution is -0.130. The average molecular weight is 247 g/mol. The number of nitrogens with zero attached hydrogens (tertiary/aromatic N) is 1. The van der Waals surface area contributed by atoms with Crippen LogP contribution in [0.5, 0.6) is 0 Å². The lowest BCUT2D eigenvalue weighted by Crippen LogP contribution is -2.27. The number of likely N-dealkylation sites (tertiary alicyclic amines) is 1. The number of aryl methyl sites for hydroxylation is 2. The Morgan fingerprint density at radius 3 is 2.22 bits per heavy atom. The number of carbonyl (C=O) groups excluding carboxylic acids is 1. The van der Waals surface area contributed by atoms with Gasteiger partial charge in [0.05, 0.1) is 0 Å². The maximum absolute atomic E-state index is 11.8. The van der Waals surface area contributed by atoms with Gasteiger partial charge >= 0.3 is 0 Å². The van der Waals surface area contributed by atoms with Crippen molar-refractivity contribution in [3.8, 4) is 0 Å². The second-order valence-corrected chi connectivity index (χ2v) is 4.57. The van der Waals surface area contributed by atoms with Crippen LogP contribution < -0.4 is 0 Å². The maximum Gasteiger partial charge on any atom is 0.222 e. The molecule has 0 unspecified atom stereocenters. The smallest absolute Gasteiger partial charge is 0.222 e. The van der Waals surface area contributed by atoms with Gasteiger partial charge in [-0.05, 0) is 31.7 Å². The van der Waals surface area contributed by atoms with E-state index in [1.165, 1.54) is 24.0 Å². The molecule has 2 rings (SSSR count). The molecule has 100 valence electrons. The van der Waals surface area contributed by atoms with E-state index in [0.717, 1.165) is 19.5 Å². The molecule has 0 N–H and O–H groups in total. The number of rotatable bonds is 3. The Morgan fingerprint density at radius 1 is 1.11 bits per heavy atom. The van der Waals surface area contributed by atoms with Crippen molar-refractivity contribution in [3.63, 3.8) is 0 Å². The standard InChI is InChI=1S/C14H19NO.C2H6/c1-12-4-6-13(7-5-12)8-9-14(16)15-10-2-3-11-15;1-2/h4-7H,2-3,8-11H2,1H3;1-2H3. The first-order valence-electron chi connectivity index (χ1n) is 7.09. The van der Waals surface area contributed by atoms with Gasteiger partial charge in [0.2, 0.25) is 5.91 Å². The quantitative estimate of drug-likeness (QED) is 0.799. The predicted molar refractivity (Wildman–Crippen MR) is 76.7 cm³/mol. The predicted octanol–water partition coefficient (Wildman–Crippen LogP) is 3.58. The van der Waals surface area contributed by atoms with Crippen LogP contribution in [-0.2, 0) is 11.2 Å². The molecule has 0 spiro atoms. The third kappa shape index (κ3) is 4.52. The van der Waals surface area contributed by atoms with E-state index < -0.39 is 0 Å². The van der Waals surface area contributed by atoms with Gasteiger partial charge in [-0.15, -0.1) is 0 Å². The second kappa shape index (κ2) is 7.91. The van der Waals surface area contributed by atoms with Crippen LogP contribution in [0.25, 0.3) is 0 Å². The molecular weight excluding hydrogens is 222 g/mol. The fourth-order valence-corrected chi connectivity index (χ4v) is 2.13. The molecule has 0 aliphatic carbocycles. The molecule has 1 aliphatic heterocycles. The Balaban J connectivity index is 0.000000771. The Morgan fingerprint density at radius 2 is 1.67 bits per heavy atom. The Hall–Kier alpha value is -1.31. The van der Waals surface area contributed by atoms with Gasteiger partial charge in [0, 0.05) is 19.5 Å². The van der Waals surface area contributed by atoms with Crippen LogP contribution in [0.4, 0.5) is 0 Å². The van der Waals surface area contributed by atoms with Gasteiger partial charge in [0.15, 0.2) is 0 Å². The van der Waals surface area contributed by atoms with Crippen LogP contribution in [-0.4, -0.2) is 23.9 Å². The van der Waals surface area contributed by atoms with Crippen LogP contribution in [0, 0.1) is 6.92 Å². The SMILES string of the molecule is CC.Cc1ccc(CCC(=O)N2CCCC2)cc1. The molecule has 1 aliphatic rings. The van der Waals surface area contributed by atoms with Gasteiger partial charge in [-0.1, -0.05) is 43.7 Å². The molecule has 0 radical (unpaired) electrons. The van der Waals surface area contributed by atoms with Gasteiger partial charge in [0.25, 0.3) is 0 Å². The number of hydrogen-bond donors (Lipinski definition) is 0. The molecule has 2 nitrogen and oxygen atoms in total. The molecular formula is C16H25NO. The van der Waals surface area contributed by atoms with E-state index in [4.69, 9.17) is 0 Å². The monoisotopic (exact) mass is 247 g/mol. The van der Waals surface area contributed by atoms with Crippen molar-refractivity contribution in [2.75, 3.05) is 13.1 Å². The Bertz CT molecular complexity index is 350. The first-order valence-corrected chi connectivity index (χ1v) is 7.09. The van der Waals surface area contributed by atoms with Crippen LogP contribution in [0.1, 0.15) is 44.2 Å². The average Bonchev–Trinajstić information content (AvgIpc) is 2.94. The minimum Gasteiger partial charge on any atom is -0.343 e. The third-order valence-electron chi connectivity index (χ3n) is 3.21. The molecule has 18 heavy (non-hydrogen) atoms. The zero-order valence-electron chi connectivity index (χ0n) is 11.9. The van der Waals surface area contributed by atoms with E-state index in [0.29, 0.717) is 12.3 Å². The molecule has 0 aromatic heterocycles. The molecule has 0 saturated carbocycles. The molecule has 0 atom stereocenters.